The standard InChI is InChI=1S/C11H9F2N3O/c12-6-3-4-7(14)10(9(6)13)16-11(17)8-2-1-5-15-8/h1-5,15H,14H2,(H,16,17). The van der Waals surface area contributed by atoms with Gasteiger partial charge in [-0.15, -0.1) is 0 Å². The molecule has 0 unspecified atom stereocenters. The molecule has 0 atom stereocenters. The Kier molecular flexibility index (Phi) is 2.78. The summed E-state index contributed by atoms with van der Waals surface area (Å²) in [6.07, 6.45) is 1.54. The Morgan fingerprint density at radius 2 is 2.06 bits per heavy atom. The Morgan fingerprint density at radius 3 is 2.71 bits per heavy atom. The van der Waals surface area contributed by atoms with E-state index in [4.69, 9.17) is 5.73 Å². The smallest absolute Gasteiger partial charge is 0.272 e. The molecule has 0 radical (unpaired) electrons. The summed E-state index contributed by atoms with van der Waals surface area (Å²) in [5, 5.41) is 2.21. The van der Waals surface area contributed by atoms with Crippen LogP contribution in [-0.2, 0) is 0 Å². The number of H-pyrrole nitrogens is 1. The summed E-state index contributed by atoms with van der Waals surface area (Å²) in [4.78, 5) is 14.2. The fraction of sp³-hybridized carbons (Fsp3) is 0. The Hall–Kier alpha value is -2.37. The molecule has 0 aliphatic rings. The van der Waals surface area contributed by atoms with Gasteiger partial charge in [0.05, 0.1) is 5.69 Å². The van der Waals surface area contributed by atoms with Crippen molar-refractivity contribution in [3.05, 3.63) is 47.8 Å². The second-order valence-corrected chi connectivity index (χ2v) is 3.36. The molecular formula is C11H9F2N3O. The minimum atomic E-state index is -1.18. The van der Waals surface area contributed by atoms with Crippen molar-refractivity contribution in [2.45, 2.75) is 0 Å². The highest BCUT2D eigenvalue weighted by molar-refractivity contribution is 6.04. The maximum atomic E-state index is 13.4. The molecule has 17 heavy (non-hydrogen) atoms. The second-order valence-electron chi connectivity index (χ2n) is 3.36. The van der Waals surface area contributed by atoms with Crippen LogP contribution in [0, 0.1) is 11.6 Å². The lowest BCUT2D eigenvalue weighted by Crippen LogP contribution is -2.15. The van der Waals surface area contributed by atoms with Crippen molar-refractivity contribution in [1.29, 1.82) is 0 Å². The van der Waals surface area contributed by atoms with Crippen LogP contribution in [0.25, 0.3) is 0 Å². The SMILES string of the molecule is Nc1ccc(F)c(F)c1NC(=O)c1ccc[nH]1. The van der Waals surface area contributed by atoms with Crippen LogP contribution in [0.3, 0.4) is 0 Å². The van der Waals surface area contributed by atoms with Gasteiger partial charge in [0.15, 0.2) is 11.6 Å². The zero-order valence-corrected chi connectivity index (χ0v) is 8.63. The Bertz CT molecular complexity index is 552. The van der Waals surface area contributed by atoms with Gasteiger partial charge in [0, 0.05) is 6.20 Å². The third-order valence-electron chi connectivity index (χ3n) is 2.21. The first kappa shape index (κ1) is 11.1. The lowest BCUT2D eigenvalue weighted by atomic mass is 10.2. The van der Waals surface area contributed by atoms with E-state index in [2.05, 4.69) is 10.3 Å². The highest BCUT2D eigenvalue weighted by Gasteiger charge is 2.15. The number of anilines is 2. The van der Waals surface area contributed by atoms with Gasteiger partial charge < -0.3 is 16.0 Å². The molecule has 4 N–H and O–H groups in total. The molecule has 1 aromatic heterocycles. The molecule has 2 rings (SSSR count). The van der Waals surface area contributed by atoms with Crippen molar-refractivity contribution in [3.8, 4) is 0 Å². The first-order chi connectivity index (χ1) is 8.09. The fourth-order valence-electron chi connectivity index (χ4n) is 1.35. The molecule has 0 aliphatic carbocycles. The average Bonchev–Trinajstić information content (AvgIpc) is 2.83. The zero-order chi connectivity index (χ0) is 12.4. The molecule has 0 spiro atoms. The Balaban J connectivity index is 2.31. The molecule has 1 aromatic carbocycles. The lowest BCUT2D eigenvalue weighted by molar-refractivity contribution is 0.102. The Morgan fingerprint density at radius 1 is 1.29 bits per heavy atom. The molecule has 0 fully saturated rings. The van der Waals surface area contributed by atoms with Gasteiger partial charge in [-0.25, -0.2) is 8.78 Å². The third kappa shape index (κ3) is 2.10. The summed E-state index contributed by atoms with van der Waals surface area (Å²) >= 11 is 0. The van der Waals surface area contributed by atoms with Gasteiger partial charge in [-0.05, 0) is 24.3 Å². The van der Waals surface area contributed by atoms with Gasteiger partial charge in [0.1, 0.15) is 11.4 Å². The number of rotatable bonds is 2. The van der Waals surface area contributed by atoms with E-state index in [1.807, 2.05) is 0 Å². The van der Waals surface area contributed by atoms with E-state index in [0.717, 1.165) is 6.07 Å². The first-order valence-electron chi connectivity index (χ1n) is 4.78. The highest BCUT2D eigenvalue weighted by atomic mass is 19.2. The van der Waals surface area contributed by atoms with E-state index < -0.39 is 17.5 Å². The number of aromatic amines is 1. The lowest BCUT2D eigenvalue weighted by Gasteiger charge is -2.08. The summed E-state index contributed by atoms with van der Waals surface area (Å²) in [6, 6.07) is 5.20. The molecule has 2 aromatic rings. The highest BCUT2D eigenvalue weighted by Crippen LogP contribution is 2.24. The molecule has 0 saturated heterocycles. The summed E-state index contributed by atoms with van der Waals surface area (Å²) in [5.41, 5.74) is 5.30. The number of carbonyl (C=O) groups is 1. The number of halogens is 2. The van der Waals surface area contributed by atoms with Crippen LogP contribution in [0.1, 0.15) is 10.5 Å². The number of nitrogens with one attached hydrogen (secondary N) is 2. The molecule has 0 bridgehead atoms. The van der Waals surface area contributed by atoms with E-state index in [1.165, 1.54) is 12.1 Å². The van der Waals surface area contributed by atoms with Crippen LogP contribution in [0.4, 0.5) is 20.2 Å². The van der Waals surface area contributed by atoms with Crippen molar-refractivity contribution in [2.75, 3.05) is 11.1 Å². The van der Waals surface area contributed by atoms with Gasteiger partial charge in [-0.2, -0.15) is 0 Å². The summed E-state index contributed by atoms with van der Waals surface area (Å²) in [6.45, 7) is 0. The van der Waals surface area contributed by atoms with Gasteiger partial charge in [0.25, 0.3) is 5.91 Å². The number of carbonyl (C=O) groups excluding carboxylic acids is 1. The molecule has 6 heteroatoms. The van der Waals surface area contributed by atoms with Gasteiger partial charge in [-0.3, -0.25) is 4.79 Å². The maximum Gasteiger partial charge on any atom is 0.272 e. The monoisotopic (exact) mass is 237 g/mol. The third-order valence-corrected chi connectivity index (χ3v) is 2.21. The number of nitrogen functional groups attached to an aromatic ring is 1. The summed E-state index contributed by atoms with van der Waals surface area (Å²) in [7, 11) is 0. The van der Waals surface area contributed by atoms with Crippen LogP contribution in [0.2, 0.25) is 0 Å². The van der Waals surface area contributed by atoms with Gasteiger partial charge in [-0.1, -0.05) is 0 Å². The van der Waals surface area contributed by atoms with E-state index in [9.17, 15) is 13.6 Å². The van der Waals surface area contributed by atoms with Crippen molar-refractivity contribution in [2.24, 2.45) is 0 Å². The predicted molar refractivity (Wildman–Crippen MR) is 59.5 cm³/mol. The number of hydrogen-bond donors (Lipinski definition) is 3. The van der Waals surface area contributed by atoms with Crippen molar-refractivity contribution < 1.29 is 13.6 Å². The average molecular weight is 237 g/mol. The van der Waals surface area contributed by atoms with Crippen molar-refractivity contribution >= 4 is 17.3 Å². The molecule has 1 amide bonds. The second kappa shape index (κ2) is 4.25. The van der Waals surface area contributed by atoms with Crippen molar-refractivity contribution in [3.63, 3.8) is 0 Å². The number of aromatic nitrogens is 1. The summed E-state index contributed by atoms with van der Waals surface area (Å²) in [5.74, 6) is -2.84. The molecule has 0 saturated carbocycles. The van der Waals surface area contributed by atoms with Gasteiger partial charge in [0.2, 0.25) is 0 Å². The molecule has 1 heterocycles. The van der Waals surface area contributed by atoms with E-state index in [-0.39, 0.29) is 17.1 Å². The van der Waals surface area contributed by atoms with Crippen LogP contribution < -0.4 is 11.1 Å². The molecular weight excluding hydrogens is 228 g/mol. The zero-order valence-electron chi connectivity index (χ0n) is 8.63. The van der Waals surface area contributed by atoms with E-state index >= 15 is 0 Å². The van der Waals surface area contributed by atoms with Crippen molar-refractivity contribution in [1.82, 2.24) is 4.98 Å². The Labute approximate surface area is 95.4 Å². The summed E-state index contributed by atoms with van der Waals surface area (Å²) < 4.78 is 26.3. The number of nitrogens with two attached hydrogens (primary N) is 1. The molecule has 88 valence electrons. The number of hydrogen-bond acceptors (Lipinski definition) is 2. The largest absolute Gasteiger partial charge is 0.397 e. The number of benzene rings is 1. The quantitative estimate of drug-likeness (QED) is 0.700. The van der Waals surface area contributed by atoms with Crippen LogP contribution in [0.5, 0.6) is 0 Å². The predicted octanol–water partition coefficient (Wildman–Crippen LogP) is 2.13. The molecule has 0 aliphatic heterocycles. The van der Waals surface area contributed by atoms with E-state index in [0.29, 0.717) is 0 Å². The van der Waals surface area contributed by atoms with Crippen LogP contribution in [0.15, 0.2) is 30.5 Å². The van der Waals surface area contributed by atoms with Gasteiger partial charge >= 0.3 is 0 Å². The van der Waals surface area contributed by atoms with E-state index in [1.54, 1.807) is 12.3 Å². The molecule has 4 nitrogen and oxygen atoms in total. The van der Waals surface area contributed by atoms with Crippen LogP contribution >= 0.6 is 0 Å². The minimum absolute atomic E-state index is 0.0381. The maximum absolute atomic E-state index is 13.4. The topological polar surface area (TPSA) is 70.9 Å². The minimum Gasteiger partial charge on any atom is -0.397 e. The first-order valence-corrected chi connectivity index (χ1v) is 4.78. The van der Waals surface area contributed by atoms with Crippen LogP contribution in [-0.4, -0.2) is 10.9 Å². The normalized spacial score (nSPS) is 10.2. The fourth-order valence-corrected chi connectivity index (χ4v) is 1.35. The number of amides is 1.